The van der Waals surface area contributed by atoms with Crippen molar-refractivity contribution in [1.29, 1.82) is 0 Å². The molecule has 1 aromatic heterocycles. The lowest BCUT2D eigenvalue weighted by molar-refractivity contribution is -0.137. The average Bonchev–Trinajstić information content (AvgIpc) is 2.96. The van der Waals surface area contributed by atoms with Crippen LogP contribution in [-0.2, 0) is 11.3 Å². The van der Waals surface area contributed by atoms with Gasteiger partial charge in [-0.1, -0.05) is 13.0 Å². The van der Waals surface area contributed by atoms with Crippen LogP contribution in [0.3, 0.4) is 0 Å². The van der Waals surface area contributed by atoms with Gasteiger partial charge in [-0.3, -0.25) is 19.6 Å². The van der Waals surface area contributed by atoms with Crippen molar-refractivity contribution in [3.8, 4) is 11.4 Å². The largest absolute Gasteiger partial charge is 0.496 e. The van der Waals surface area contributed by atoms with E-state index in [9.17, 15) is 14.4 Å². The number of urea groups is 1. The third-order valence-corrected chi connectivity index (χ3v) is 8.03. The lowest BCUT2D eigenvalue weighted by Crippen LogP contribution is -2.58. The molecule has 2 aliphatic rings. The first-order valence-corrected chi connectivity index (χ1v) is 14.4. The molecule has 2 heterocycles. The summed E-state index contributed by atoms with van der Waals surface area (Å²) in [4.78, 5) is 47.9. The molecule has 2 fully saturated rings. The Morgan fingerprint density at radius 2 is 1.74 bits per heavy atom. The van der Waals surface area contributed by atoms with E-state index in [4.69, 9.17) is 16.2 Å². The van der Waals surface area contributed by atoms with Crippen molar-refractivity contribution in [1.82, 2.24) is 24.3 Å². The molecule has 0 spiro atoms. The number of carbonyl (C=O) groups excluding carboxylic acids is 2. The Morgan fingerprint density at radius 3 is 2.31 bits per heavy atom. The normalized spacial score (nSPS) is 19.3. The molecular formula is C29H45ClN8O4. The molecular weight excluding hydrogens is 560 g/mol. The monoisotopic (exact) mass is 604 g/mol. The summed E-state index contributed by atoms with van der Waals surface area (Å²) >= 11 is 0. The number of hydrogen-bond donors (Lipinski definition) is 3. The summed E-state index contributed by atoms with van der Waals surface area (Å²) in [5.41, 5.74) is 12.2. The number of carbonyl (C=O) groups is 2. The Hall–Kier alpha value is -3.19. The maximum Gasteiger partial charge on any atom is 0.354 e. The average molecular weight is 605 g/mol. The molecule has 42 heavy (non-hydrogen) atoms. The second-order valence-electron chi connectivity index (χ2n) is 11.5. The Balaban J connectivity index is 0.00000484. The number of amides is 3. The summed E-state index contributed by atoms with van der Waals surface area (Å²) < 4.78 is 7.12. The summed E-state index contributed by atoms with van der Waals surface area (Å²) in [6.07, 6.45) is 5.88. The number of halogens is 1. The van der Waals surface area contributed by atoms with Gasteiger partial charge in [0.2, 0.25) is 5.91 Å². The van der Waals surface area contributed by atoms with Crippen molar-refractivity contribution in [2.45, 2.75) is 70.6 Å². The van der Waals surface area contributed by atoms with Crippen molar-refractivity contribution in [3.05, 3.63) is 46.5 Å². The molecule has 0 atom stereocenters. The van der Waals surface area contributed by atoms with E-state index in [-0.39, 0.29) is 30.2 Å². The van der Waals surface area contributed by atoms with Gasteiger partial charge < -0.3 is 26.0 Å². The predicted octanol–water partition coefficient (Wildman–Crippen LogP) is 2.17. The van der Waals surface area contributed by atoms with Gasteiger partial charge in [0.05, 0.1) is 18.3 Å². The minimum atomic E-state index is -0.956. The SMILES string of the molecule is CCN(Cc1ccc(-n2ccc(NC(=O)N3CCN(C(=O)C(C)(C)N)CC3)nc2=O)cc1OC)[C@H]1CC[C@H](N)CC1.Cl. The summed E-state index contributed by atoms with van der Waals surface area (Å²) in [6, 6.07) is 7.73. The maximum absolute atomic E-state index is 12.9. The van der Waals surface area contributed by atoms with Crippen molar-refractivity contribution in [2.75, 3.05) is 45.2 Å². The quantitative estimate of drug-likeness (QED) is 0.415. The summed E-state index contributed by atoms with van der Waals surface area (Å²) in [5, 5.41) is 2.70. The summed E-state index contributed by atoms with van der Waals surface area (Å²) in [5.74, 6) is 0.713. The first kappa shape index (κ1) is 33.3. The van der Waals surface area contributed by atoms with Gasteiger partial charge in [0.25, 0.3) is 0 Å². The molecule has 232 valence electrons. The molecule has 1 aliphatic carbocycles. The number of anilines is 1. The van der Waals surface area contributed by atoms with E-state index in [0.29, 0.717) is 49.7 Å². The predicted molar refractivity (Wildman–Crippen MR) is 165 cm³/mol. The van der Waals surface area contributed by atoms with E-state index >= 15 is 0 Å². The Bertz CT molecular complexity index is 1280. The number of benzene rings is 1. The number of ether oxygens (including phenoxy) is 1. The number of rotatable bonds is 8. The molecule has 1 saturated heterocycles. The van der Waals surface area contributed by atoms with E-state index in [1.54, 1.807) is 43.0 Å². The molecule has 1 aliphatic heterocycles. The highest BCUT2D eigenvalue weighted by molar-refractivity contribution is 5.89. The lowest BCUT2D eigenvalue weighted by Gasteiger charge is -2.37. The van der Waals surface area contributed by atoms with Crippen LogP contribution in [0, 0.1) is 0 Å². The van der Waals surface area contributed by atoms with Crippen molar-refractivity contribution in [3.63, 3.8) is 0 Å². The third-order valence-electron chi connectivity index (χ3n) is 8.03. The molecule has 0 bridgehead atoms. The molecule has 2 aromatic rings. The van der Waals surface area contributed by atoms with E-state index < -0.39 is 11.2 Å². The molecule has 1 saturated carbocycles. The second-order valence-corrected chi connectivity index (χ2v) is 11.5. The van der Waals surface area contributed by atoms with Crippen molar-refractivity contribution in [2.24, 2.45) is 11.5 Å². The van der Waals surface area contributed by atoms with Gasteiger partial charge in [0.1, 0.15) is 11.6 Å². The number of aromatic nitrogens is 2. The zero-order chi connectivity index (χ0) is 29.7. The fourth-order valence-corrected chi connectivity index (χ4v) is 5.58. The topological polar surface area (TPSA) is 152 Å². The van der Waals surface area contributed by atoms with Gasteiger partial charge in [-0.2, -0.15) is 4.98 Å². The highest BCUT2D eigenvalue weighted by Gasteiger charge is 2.31. The van der Waals surface area contributed by atoms with Gasteiger partial charge in [-0.25, -0.2) is 9.59 Å². The van der Waals surface area contributed by atoms with Gasteiger partial charge in [-0.15, -0.1) is 12.4 Å². The van der Waals surface area contributed by atoms with Crippen LogP contribution in [0.25, 0.3) is 5.69 Å². The number of nitrogens with two attached hydrogens (primary N) is 2. The molecule has 3 amide bonds. The van der Waals surface area contributed by atoms with Gasteiger partial charge in [0, 0.05) is 62.6 Å². The molecule has 4 rings (SSSR count). The first-order valence-electron chi connectivity index (χ1n) is 14.4. The Kier molecular flexibility index (Phi) is 11.4. The molecule has 1 aromatic carbocycles. The van der Waals surface area contributed by atoms with Crippen LogP contribution < -0.4 is 27.2 Å². The lowest BCUT2D eigenvalue weighted by atomic mass is 9.90. The Labute approximate surface area is 253 Å². The molecule has 5 N–H and O–H groups in total. The van der Waals surface area contributed by atoms with Gasteiger partial charge in [0.15, 0.2) is 0 Å². The standard InChI is InChI=1S/C29H44N8O4.ClH/c1-5-34(22-10-7-21(30)8-11-22)19-20-6-9-23(18-24(20)41-4)37-13-12-25(33-28(37)40)32-27(39)36-16-14-35(15-17-36)26(38)29(2,3)31;/h6,9,12-13,18,21-22H,5,7-8,10-11,14-17,19,30-31H2,1-4H3,(H,32,33,39,40);1H/t21-,22-;. The van der Waals surface area contributed by atoms with Crippen LogP contribution in [0.15, 0.2) is 35.3 Å². The fraction of sp³-hybridized carbons (Fsp3) is 0.586. The van der Waals surface area contributed by atoms with Crippen LogP contribution in [0.1, 0.15) is 52.0 Å². The van der Waals surface area contributed by atoms with Crippen LogP contribution in [0.4, 0.5) is 10.6 Å². The van der Waals surface area contributed by atoms with E-state index in [0.717, 1.165) is 44.3 Å². The minimum absolute atomic E-state index is 0. The number of piperazine rings is 1. The highest BCUT2D eigenvalue weighted by Crippen LogP contribution is 2.28. The number of hydrogen-bond acceptors (Lipinski definition) is 8. The first-order chi connectivity index (χ1) is 19.5. The van der Waals surface area contributed by atoms with Crippen LogP contribution in [0.2, 0.25) is 0 Å². The maximum atomic E-state index is 12.9. The van der Waals surface area contributed by atoms with Crippen molar-refractivity contribution < 1.29 is 14.3 Å². The zero-order valence-corrected chi connectivity index (χ0v) is 25.9. The molecule has 0 unspecified atom stereocenters. The number of methoxy groups -OCH3 is 1. The van der Waals surface area contributed by atoms with E-state index in [1.807, 2.05) is 18.2 Å². The highest BCUT2D eigenvalue weighted by atomic mass is 35.5. The number of nitrogens with one attached hydrogen (secondary N) is 1. The van der Waals surface area contributed by atoms with Crippen molar-refractivity contribution >= 4 is 30.2 Å². The smallest absolute Gasteiger partial charge is 0.354 e. The van der Waals surface area contributed by atoms with Crippen LogP contribution >= 0.6 is 12.4 Å². The van der Waals surface area contributed by atoms with E-state index in [1.165, 1.54) is 4.57 Å². The van der Waals surface area contributed by atoms with Gasteiger partial charge in [-0.05, 0) is 58.2 Å². The summed E-state index contributed by atoms with van der Waals surface area (Å²) in [7, 11) is 1.63. The fourth-order valence-electron chi connectivity index (χ4n) is 5.58. The Morgan fingerprint density at radius 1 is 1.10 bits per heavy atom. The van der Waals surface area contributed by atoms with Crippen LogP contribution in [0.5, 0.6) is 5.75 Å². The van der Waals surface area contributed by atoms with Crippen LogP contribution in [-0.4, -0.2) is 93.6 Å². The second kappa shape index (κ2) is 14.3. The number of nitrogens with zero attached hydrogens (tertiary/aromatic N) is 5. The molecule has 12 nitrogen and oxygen atoms in total. The van der Waals surface area contributed by atoms with E-state index in [2.05, 4.69) is 22.1 Å². The van der Waals surface area contributed by atoms with Gasteiger partial charge >= 0.3 is 11.7 Å². The zero-order valence-electron chi connectivity index (χ0n) is 25.0. The molecule has 0 radical (unpaired) electrons. The molecule has 13 heteroatoms. The minimum Gasteiger partial charge on any atom is -0.496 e. The summed E-state index contributed by atoms with van der Waals surface area (Å²) in [6.45, 7) is 8.70. The third kappa shape index (κ3) is 8.00.